The Morgan fingerprint density at radius 1 is 1.29 bits per heavy atom. The van der Waals surface area contributed by atoms with E-state index in [0.29, 0.717) is 13.0 Å². The van der Waals surface area contributed by atoms with Gasteiger partial charge in [0.05, 0.1) is 6.33 Å². The predicted octanol–water partition coefficient (Wildman–Crippen LogP) is 2.64. The Morgan fingerprint density at radius 3 is 2.86 bits per heavy atom. The van der Waals surface area contributed by atoms with E-state index in [1.54, 1.807) is 12.5 Å². The van der Waals surface area contributed by atoms with Crippen LogP contribution in [0.4, 0.5) is 0 Å². The molecular weight excluding hydrogens is 262 g/mol. The van der Waals surface area contributed by atoms with E-state index in [1.807, 2.05) is 10.8 Å². The van der Waals surface area contributed by atoms with Crippen molar-refractivity contribution < 1.29 is 4.79 Å². The van der Waals surface area contributed by atoms with E-state index in [4.69, 9.17) is 0 Å². The van der Waals surface area contributed by atoms with Crippen molar-refractivity contribution in [1.29, 1.82) is 0 Å². The Morgan fingerprint density at radius 2 is 2.14 bits per heavy atom. The zero-order valence-electron chi connectivity index (χ0n) is 12.8. The number of carbonyl (C=O) groups excluding carboxylic acids is 1. The first-order valence-corrected chi connectivity index (χ1v) is 7.44. The molecule has 1 amide bonds. The quantitative estimate of drug-likeness (QED) is 0.795. The van der Waals surface area contributed by atoms with Crippen LogP contribution in [0.25, 0.3) is 0 Å². The van der Waals surface area contributed by atoms with E-state index in [2.05, 4.69) is 42.3 Å². The van der Waals surface area contributed by atoms with Gasteiger partial charge in [-0.1, -0.05) is 18.2 Å². The number of benzene rings is 1. The molecule has 2 aromatic rings. The molecule has 1 heterocycles. The van der Waals surface area contributed by atoms with E-state index >= 15 is 0 Å². The molecule has 2 rings (SSSR count). The molecule has 0 fully saturated rings. The van der Waals surface area contributed by atoms with Crippen LogP contribution >= 0.6 is 0 Å². The lowest BCUT2D eigenvalue weighted by Crippen LogP contribution is -2.25. The van der Waals surface area contributed by atoms with Crippen molar-refractivity contribution in [3.63, 3.8) is 0 Å². The van der Waals surface area contributed by atoms with Crippen molar-refractivity contribution in [3.05, 3.63) is 53.6 Å². The van der Waals surface area contributed by atoms with E-state index in [9.17, 15) is 4.79 Å². The Bertz CT molecular complexity index is 576. The molecule has 112 valence electrons. The van der Waals surface area contributed by atoms with E-state index in [0.717, 1.165) is 19.4 Å². The van der Waals surface area contributed by atoms with Crippen LogP contribution in [0.2, 0.25) is 0 Å². The average molecular weight is 285 g/mol. The molecule has 0 unspecified atom stereocenters. The van der Waals surface area contributed by atoms with Crippen molar-refractivity contribution in [3.8, 4) is 0 Å². The number of hydrogen-bond donors (Lipinski definition) is 1. The number of carbonyl (C=O) groups is 1. The molecule has 0 saturated heterocycles. The zero-order valence-corrected chi connectivity index (χ0v) is 12.8. The van der Waals surface area contributed by atoms with Crippen molar-refractivity contribution in [2.45, 2.75) is 39.7 Å². The second-order valence-corrected chi connectivity index (χ2v) is 5.42. The summed E-state index contributed by atoms with van der Waals surface area (Å²) in [4.78, 5) is 15.8. The van der Waals surface area contributed by atoms with Crippen LogP contribution in [0.1, 0.15) is 29.5 Å². The summed E-state index contributed by atoms with van der Waals surface area (Å²) in [5.74, 6) is 0.124. The van der Waals surface area contributed by atoms with Gasteiger partial charge in [0.25, 0.3) is 0 Å². The number of nitrogens with zero attached hydrogens (tertiary/aromatic N) is 2. The molecule has 0 radical (unpaired) electrons. The fraction of sp³-hybridized carbons (Fsp3) is 0.412. The molecule has 4 heteroatoms. The summed E-state index contributed by atoms with van der Waals surface area (Å²) < 4.78 is 2.02. The molecule has 0 saturated carbocycles. The Kier molecular flexibility index (Phi) is 5.55. The first kappa shape index (κ1) is 15.3. The monoisotopic (exact) mass is 285 g/mol. The summed E-state index contributed by atoms with van der Waals surface area (Å²) in [5, 5.41) is 2.97. The molecule has 4 nitrogen and oxygen atoms in total. The minimum atomic E-state index is 0.124. The predicted molar refractivity (Wildman–Crippen MR) is 84.1 cm³/mol. The van der Waals surface area contributed by atoms with Crippen LogP contribution in [-0.2, 0) is 17.8 Å². The number of nitrogens with one attached hydrogen (secondary N) is 1. The highest BCUT2D eigenvalue weighted by molar-refractivity contribution is 5.76. The summed E-state index contributed by atoms with van der Waals surface area (Å²) in [6, 6.07) is 6.39. The van der Waals surface area contributed by atoms with Gasteiger partial charge in [0, 0.05) is 31.9 Å². The van der Waals surface area contributed by atoms with Gasteiger partial charge in [-0.15, -0.1) is 0 Å². The molecule has 0 atom stereocenters. The number of aromatic nitrogens is 2. The van der Waals surface area contributed by atoms with Crippen LogP contribution < -0.4 is 5.32 Å². The summed E-state index contributed by atoms with van der Waals surface area (Å²) >= 11 is 0. The van der Waals surface area contributed by atoms with Gasteiger partial charge >= 0.3 is 0 Å². The van der Waals surface area contributed by atoms with E-state index in [-0.39, 0.29) is 5.91 Å². The van der Waals surface area contributed by atoms with Gasteiger partial charge in [-0.05, 0) is 43.4 Å². The lowest BCUT2D eigenvalue weighted by molar-refractivity contribution is -0.121. The van der Waals surface area contributed by atoms with Gasteiger partial charge in [0.2, 0.25) is 5.91 Å². The lowest BCUT2D eigenvalue weighted by atomic mass is 10.0. The van der Waals surface area contributed by atoms with Gasteiger partial charge in [0.15, 0.2) is 0 Å². The number of amides is 1. The molecule has 1 N–H and O–H groups in total. The summed E-state index contributed by atoms with van der Waals surface area (Å²) in [6.45, 7) is 5.81. The molecular formula is C17H23N3O. The van der Waals surface area contributed by atoms with Crippen LogP contribution in [-0.4, -0.2) is 22.0 Å². The zero-order chi connectivity index (χ0) is 15.1. The first-order chi connectivity index (χ1) is 10.1. The third-order valence-electron chi connectivity index (χ3n) is 3.69. The van der Waals surface area contributed by atoms with Crippen LogP contribution in [0.5, 0.6) is 0 Å². The SMILES string of the molecule is Cc1ccc(CCC(=O)NCCCn2ccnc2)cc1C. The molecule has 21 heavy (non-hydrogen) atoms. The second kappa shape index (κ2) is 7.62. The molecule has 1 aromatic heterocycles. The van der Waals surface area contributed by atoms with Crippen molar-refractivity contribution in [2.24, 2.45) is 0 Å². The van der Waals surface area contributed by atoms with Gasteiger partial charge in [0.1, 0.15) is 0 Å². The minimum Gasteiger partial charge on any atom is -0.356 e. The summed E-state index contributed by atoms with van der Waals surface area (Å²) in [6.07, 6.45) is 7.76. The maximum atomic E-state index is 11.8. The molecule has 0 spiro atoms. The fourth-order valence-electron chi connectivity index (χ4n) is 2.21. The standard InChI is InChI=1S/C17H23N3O/c1-14-4-5-16(12-15(14)2)6-7-17(21)19-8-3-10-20-11-9-18-13-20/h4-5,9,11-13H,3,6-8,10H2,1-2H3,(H,19,21). The van der Waals surface area contributed by atoms with Crippen LogP contribution in [0.15, 0.2) is 36.9 Å². The van der Waals surface area contributed by atoms with Crippen molar-refractivity contribution >= 4 is 5.91 Å². The normalized spacial score (nSPS) is 10.6. The van der Waals surface area contributed by atoms with Crippen LogP contribution in [0, 0.1) is 13.8 Å². The maximum Gasteiger partial charge on any atom is 0.220 e. The number of imidazole rings is 1. The lowest BCUT2D eigenvalue weighted by Gasteiger charge is -2.07. The molecule has 0 aliphatic rings. The Hall–Kier alpha value is -2.10. The van der Waals surface area contributed by atoms with Crippen LogP contribution in [0.3, 0.4) is 0 Å². The van der Waals surface area contributed by atoms with Gasteiger partial charge in [-0.25, -0.2) is 4.98 Å². The van der Waals surface area contributed by atoms with Crippen molar-refractivity contribution in [2.75, 3.05) is 6.54 Å². The van der Waals surface area contributed by atoms with Crippen molar-refractivity contribution in [1.82, 2.24) is 14.9 Å². The molecule has 1 aromatic carbocycles. The molecule has 0 bridgehead atoms. The third kappa shape index (κ3) is 5.06. The molecule has 0 aliphatic carbocycles. The summed E-state index contributed by atoms with van der Waals surface area (Å²) in [5.41, 5.74) is 3.81. The van der Waals surface area contributed by atoms with Gasteiger partial charge < -0.3 is 9.88 Å². The largest absolute Gasteiger partial charge is 0.356 e. The minimum absolute atomic E-state index is 0.124. The summed E-state index contributed by atoms with van der Waals surface area (Å²) in [7, 11) is 0. The van der Waals surface area contributed by atoms with E-state index < -0.39 is 0 Å². The second-order valence-electron chi connectivity index (χ2n) is 5.42. The van der Waals surface area contributed by atoms with Gasteiger partial charge in [-0.3, -0.25) is 4.79 Å². The van der Waals surface area contributed by atoms with E-state index in [1.165, 1.54) is 16.7 Å². The topological polar surface area (TPSA) is 46.9 Å². The highest BCUT2D eigenvalue weighted by atomic mass is 16.1. The molecule has 0 aliphatic heterocycles. The van der Waals surface area contributed by atoms with Gasteiger partial charge in [-0.2, -0.15) is 0 Å². The number of aryl methyl sites for hydroxylation is 4. The maximum absolute atomic E-state index is 11.8. The Balaban J connectivity index is 1.64. The Labute approximate surface area is 126 Å². The number of hydrogen-bond acceptors (Lipinski definition) is 2. The first-order valence-electron chi connectivity index (χ1n) is 7.44. The smallest absolute Gasteiger partial charge is 0.220 e. The number of rotatable bonds is 7. The average Bonchev–Trinajstić information content (AvgIpc) is 2.98. The fourth-order valence-corrected chi connectivity index (χ4v) is 2.21. The highest BCUT2D eigenvalue weighted by Gasteiger charge is 2.03. The third-order valence-corrected chi connectivity index (χ3v) is 3.69. The highest BCUT2D eigenvalue weighted by Crippen LogP contribution is 2.11.